The summed E-state index contributed by atoms with van der Waals surface area (Å²) < 4.78 is 12.0. The first kappa shape index (κ1) is 31.2. The molecule has 0 atom stereocenters. The summed E-state index contributed by atoms with van der Waals surface area (Å²) in [5.74, 6) is 3.39. The number of benzene rings is 5. The van der Waals surface area contributed by atoms with E-state index in [-0.39, 0.29) is 0 Å². The first-order valence-electron chi connectivity index (χ1n) is 14.9. The maximum Gasteiger partial charge on any atom is 0.127 e. The molecule has 212 valence electrons. The molecule has 0 N–H and O–H groups in total. The van der Waals surface area contributed by atoms with Gasteiger partial charge in [0.25, 0.3) is 0 Å². The number of aryl methyl sites for hydroxylation is 2. The molecule has 0 aromatic heterocycles. The lowest BCUT2D eigenvalue weighted by Gasteiger charge is -2.09. The summed E-state index contributed by atoms with van der Waals surface area (Å²) in [5.41, 5.74) is 7.69. The minimum absolute atomic E-state index is 0.841. The van der Waals surface area contributed by atoms with Crippen LogP contribution in [0.4, 0.5) is 0 Å². The van der Waals surface area contributed by atoms with E-state index in [1.807, 2.05) is 76.2 Å². The molecule has 0 saturated heterocycles. The van der Waals surface area contributed by atoms with Gasteiger partial charge in [-0.25, -0.2) is 0 Å². The summed E-state index contributed by atoms with van der Waals surface area (Å²) in [6, 6.07) is 42.0. The van der Waals surface area contributed by atoms with E-state index in [4.69, 9.17) is 9.47 Å². The number of hydrogen-bond donors (Lipinski definition) is 0. The smallest absolute Gasteiger partial charge is 0.127 e. The van der Waals surface area contributed by atoms with Crippen LogP contribution in [0.2, 0.25) is 0 Å². The SMILES string of the molecule is CC.CC.CCc1ccc(Cc2ccc(Oc3ccc(Cc4ccc(Oc5ccc(C)cc5)cc4)cc3)cc2)cc1. The highest BCUT2D eigenvalue weighted by molar-refractivity contribution is 5.39. The van der Waals surface area contributed by atoms with E-state index in [2.05, 4.69) is 86.6 Å². The molecule has 5 aromatic carbocycles. The van der Waals surface area contributed by atoms with Crippen LogP contribution in [-0.2, 0) is 19.3 Å². The number of hydrogen-bond acceptors (Lipinski definition) is 2. The molecule has 0 heterocycles. The van der Waals surface area contributed by atoms with Crippen LogP contribution in [0.5, 0.6) is 23.0 Å². The summed E-state index contributed by atoms with van der Waals surface area (Å²) in [4.78, 5) is 0. The number of rotatable bonds is 9. The quantitative estimate of drug-likeness (QED) is 0.184. The molecule has 0 amide bonds. The van der Waals surface area contributed by atoms with E-state index >= 15 is 0 Å². The summed E-state index contributed by atoms with van der Waals surface area (Å²) in [7, 11) is 0. The second-order valence-electron chi connectivity index (χ2n) is 9.47. The Morgan fingerprint density at radius 1 is 0.366 bits per heavy atom. The topological polar surface area (TPSA) is 18.5 Å². The van der Waals surface area contributed by atoms with Crippen LogP contribution >= 0.6 is 0 Å². The first-order chi connectivity index (χ1) is 20.1. The molecule has 0 radical (unpaired) electrons. The molecule has 0 aliphatic heterocycles. The second-order valence-corrected chi connectivity index (χ2v) is 9.47. The molecule has 2 heteroatoms. The molecule has 41 heavy (non-hydrogen) atoms. The van der Waals surface area contributed by atoms with Gasteiger partial charge in [-0.15, -0.1) is 0 Å². The van der Waals surface area contributed by atoms with Gasteiger partial charge in [0.05, 0.1) is 0 Å². The lowest BCUT2D eigenvalue weighted by atomic mass is 10.0. The minimum atomic E-state index is 0.841. The average Bonchev–Trinajstić information content (AvgIpc) is 3.03. The zero-order valence-electron chi connectivity index (χ0n) is 25.5. The Labute approximate surface area is 247 Å². The molecule has 5 rings (SSSR count). The van der Waals surface area contributed by atoms with Crippen LogP contribution in [0.1, 0.15) is 68.0 Å². The zero-order chi connectivity index (χ0) is 29.5. The Morgan fingerprint density at radius 3 is 0.902 bits per heavy atom. The van der Waals surface area contributed by atoms with Crippen LogP contribution in [0, 0.1) is 6.92 Å². The summed E-state index contributed by atoms with van der Waals surface area (Å²) >= 11 is 0. The Kier molecular flexibility index (Phi) is 12.7. The first-order valence-corrected chi connectivity index (χ1v) is 14.9. The molecule has 0 unspecified atom stereocenters. The van der Waals surface area contributed by atoms with Crippen molar-refractivity contribution >= 4 is 0 Å². The predicted molar refractivity (Wildman–Crippen MR) is 175 cm³/mol. The van der Waals surface area contributed by atoms with Gasteiger partial charge in [-0.1, -0.05) is 113 Å². The van der Waals surface area contributed by atoms with Gasteiger partial charge < -0.3 is 9.47 Å². The highest BCUT2D eigenvalue weighted by Gasteiger charge is 2.03. The molecule has 0 aliphatic rings. The molecule has 0 saturated carbocycles. The lowest BCUT2D eigenvalue weighted by Crippen LogP contribution is -1.91. The lowest BCUT2D eigenvalue weighted by molar-refractivity contribution is 0.482. The van der Waals surface area contributed by atoms with Gasteiger partial charge in [-0.2, -0.15) is 0 Å². The van der Waals surface area contributed by atoms with Gasteiger partial charge >= 0.3 is 0 Å². The van der Waals surface area contributed by atoms with Gasteiger partial charge in [-0.05, 0) is 103 Å². The fourth-order valence-electron chi connectivity index (χ4n) is 4.27. The standard InChI is InChI=1S/C35H32O2.2C2H6/c1-3-27-6-8-28(9-7-27)24-29-10-20-34(21-11-29)37-35-22-14-31(15-23-35)25-30-12-18-33(19-13-30)36-32-16-4-26(2)5-17-32;2*1-2/h4-23H,3,24-25H2,1-2H3;2*1-2H3. The molecule has 2 nitrogen and oxygen atoms in total. The van der Waals surface area contributed by atoms with Crippen molar-refractivity contribution in [3.8, 4) is 23.0 Å². The second kappa shape index (κ2) is 16.7. The van der Waals surface area contributed by atoms with Crippen molar-refractivity contribution in [2.45, 2.75) is 60.8 Å². The summed E-state index contributed by atoms with van der Waals surface area (Å²) in [6.07, 6.45) is 2.86. The summed E-state index contributed by atoms with van der Waals surface area (Å²) in [5, 5.41) is 0. The third-order valence-corrected chi connectivity index (χ3v) is 6.51. The van der Waals surface area contributed by atoms with Crippen molar-refractivity contribution < 1.29 is 9.47 Å². The molecule has 0 bridgehead atoms. The molecule has 0 spiro atoms. The highest BCUT2D eigenvalue weighted by atomic mass is 16.5. The highest BCUT2D eigenvalue weighted by Crippen LogP contribution is 2.25. The molecule has 5 aromatic rings. The van der Waals surface area contributed by atoms with Crippen molar-refractivity contribution in [3.63, 3.8) is 0 Å². The van der Waals surface area contributed by atoms with Crippen molar-refractivity contribution in [1.29, 1.82) is 0 Å². The van der Waals surface area contributed by atoms with Crippen molar-refractivity contribution in [2.75, 3.05) is 0 Å². The van der Waals surface area contributed by atoms with Crippen LogP contribution in [0.25, 0.3) is 0 Å². The normalized spacial score (nSPS) is 10.0. The maximum absolute atomic E-state index is 6.08. The van der Waals surface area contributed by atoms with Crippen LogP contribution in [-0.4, -0.2) is 0 Å². The van der Waals surface area contributed by atoms with Gasteiger partial charge in [0, 0.05) is 0 Å². The Bertz CT molecular complexity index is 1400. The van der Waals surface area contributed by atoms with E-state index in [9.17, 15) is 0 Å². The predicted octanol–water partition coefficient (Wildman–Crippen LogP) is 11.4. The van der Waals surface area contributed by atoms with Crippen LogP contribution in [0.3, 0.4) is 0 Å². The third kappa shape index (κ3) is 9.99. The third-order valence-electron chi connectivity index (χ3n) is 6.51. The van der Waals surface area contributed by atoms with Crippen molar-refractivity contribution in [3.05, 3.63) is 155 Å². The number of ether oxygens (including phenoxy) is 2. The van der Waals surface area contributed by atoms with Gasteiger partial charge in [-0.3, -0.25) is 0 Å². The Morgan fingerprint density at radius 2 is 0.610 bits per heavy atom. The van der Waals surface area contributed by atoms with E-state index in [1.54, 1.807) is 0 Å². The van der Waals surface area contributed by atoms with Crippen molar-refractivity contribution in [1.82, 2.24) is 0 Å². The molecular formula is C39H44O2. The van der Waals surface area contributed by atoms with Gasteiger partial charge in [0.1, 0.15) is 23.0 Å². The fourth-order valence-corrected chi connectivity index (χ4v) is 4.27. The molecular weight excluding hydrogens is 500 g/mol. The minimum Gasteiger partial charge on any atom is -0.457 e. The van der Waals surface area contributed by atoms with Crippen LogP contribution in [0.15, 0.2) is 121 Å². The van der Waals surface area contributed by atoms with E-state index in [0.717, 1.165) is 42.3 Å². The van der Waals surface area contributed by atoms with E-state index < -0.39 is 0 Å². The van der Waals surface area contributed by atoms with Gasteiger partial charge in [0.15, 0.2) is 0 Å². The van der Waals surface area contributed by atoms with Crippen molar-refractivity contribution in [2.24, 2.45) is 0 Å². The maximum atomic E-state index is 6.08. The summed E-state index contributed by atoms with van der Waals surface area (Å²) in [6.45, 7) is 12.3. The van der Waals surface area contributed by atoms with E-state index in [1.165, 1.54) is 33.4 Å². The zero-order valence-corrected chi connectivity index (χ0v) is 25.5. The monoisotopic (exact) mass is 544 g/mol. The largest absolute Gasteiger partial charge is 0.457 e. The Hall–Kier alpha value is -4.30. The molecule has 0 fully saturated rings. The molecule has 0 aliphatic carbocycles. The van der Waals surface area contributed by atoms with Gasteiger partial charge in [0.2, 0.25) is 0 Å². The van der Waals surface area contributed by atoms with E-state index in [0.29, 0.717) is 0 Å². The Balaban J connectivity index is 0.00000111. The average molecular weight is 545 g/mol. The fraction of sp³-hybridized carbons (Fsp3) is 0.231. The van der Waals surface area contributed by atoms with Crippen LogP contribution < -0.4 is 9.47 Å².